The second kappa shape index (κ2) is 7.55. The molecule has 0 heterocycles. The first-order chi connectivity index (χ1) is 9.43. The van der Waals surface area contributed by atoms with Gasteiger partial charge in [0.15, 0.2) is 0 Å². The van der Waals surface area contributed by atoms with Gasteiger partial charge in [-0.1, -0.05) is 24.3 Å². The fourth-order valence-corrected chi connectivity index (χ4v) is 1.61. The summed E-state index contributed by atoms with van der Waals surface area (Å²) in [6.45, 7) is 0. The van der Waals surface area contributed by atoms with E-state index >= 15 is 0 Å². The third-order valence-corrected chi connectivity index (χ3v) is 2.93. The standard InChI is InChI=1S/C7H9O4P.C6H6O2/c1-10-12(8,9)11-7-5-3-2-4-6-7;7-5-2-1-3-6(8)4-5/h2-6H,1H3,(H,8,9);1-4,7-8H. The first-order valence-electron chi connectivity index (χ1n) is 5.54. The van der Waals surface area contributed by atoms with Crippen molar-refractivity contribution >= 4 is 7.82 Å². The van der Waals surface area contributed by atoms with Crippen LogP contribution in [0.4, 0.5) is 0 Å². The van der Waals surface area contributed by atoms with Gasteiger partial charge in [0, 0.05) is 13.2 Å². The minimum atomic E-state index is -3.90. The number of phenols is 2. The predicted molar refractivity (Wildman–Crippen MR) is 73.7 cm³/mol. The lowest BCUT2D eigenvalue weighted by atomic mass is 10.3. The Morgan fingerprint density at radius 2 is 1.50 bits per heavy atom. The van der Waals surface area contributed by atoms with E-state index in [0.29, 0.717) is 5.75 Å². The number of phosphoric acid groups is 1. The van der Waals surface area contributed by atoms with Gasteiger partial charge in [-0.2, -0.15) is 0 Å². The topological polar surface area (TPSA) is 96.2 Å². The van der Waals surface area contributed by atoms with Gasteiger partial charge < -0.3 is 14.7 Å². The summed E-state index contributed by atoms with van der Waals surface area (Å²) in [5.41, 5.74) is 0. The van der Waals surface area contributed by atoms with E-state index in [1.54, 1.807) is 36.4 Å². The van der Waals surface area contributed by atoms with Gasteiger partial charge in [0.05, 0.1) is 0 Å². The van der Waals surface area contributed by atoms with E-state index in [1.165, 1.54) is 18.2 Å². The summed E-state index contributed by atoms with van der Waals surface area (Å²) in [5.74, 6) is 0.486. The van der Waals surface area contributed by atoms with E-state index in [1.807, 2.05) is 0 Å². The average molecular weight is 298 g/mol. The molecule has 7 heteroatoms. The monoisotopic (exact) mass is 298 g/mol. The van der Waals surface area contributed by atoms with Crippen molar-refractivity contribution in [2.45, 2.75) is 0 Å². The Morgan fingerprint density at radius 3 is 1.90 bits per heavy atom. The lowest BCUT2D eigenvalue weighted by Gasteiger charge is -2.09. The molecule has 2 rings (SSSR count). The van der Waals surface area contributed by atoms with Crippen LogP contribution in [0.1, 0.15) is 0 Å². The van der Waals surface area contributed by atoms with Gasteiger partial charge in [0.1, 0.15) is 17.2 Å². The van der Waals surface area contributed by atoms with Gasteiger partial charge in [-0.25, -0.2) is 4.57 Å². The Hall–Kier alpha value is -2.01. The molecule has 0 amide bonds. The lowest BCUT2D eigenvalue weighted by molar-refractivity contribution is 0.243. The molecule has 0 bridgehead atoms. The Kier molecular flexibility index (Phi) is 6.06. The molecule has 108 valence electrons. The van der Waals surface area contributed by atoms with Crippen molar-refractivity contribution in [3.05, 3.63) is 54.6 Å². The Bertz CT molecular complexity index is 555. The van der Waals surface area contributed by atoms with Crippen LogP contribution >= 0.6 is 7.82 Å². The highest BCUT2D eigenvalue weighted by atomic mass is 31.2. The van der Waals surface area contributed by atoms with E-state index in [9.17, 15) is 4.57 Å². The summed E-state index contributed by atoms with van der Waals surface area (Å²) >= 11 is 0. The number of hydrogen-bond acceptors (Lipinski definition) is 5. The molecule has 0 aliphatic rings. The number of phosphoric ester groups is 1. The molecule has 0 aromatic heterocycles. The smallest absolute Gasteiger partial charge is 0.508 e. The van der Waals surface area contributed by atoms with Crippen LogP contribution in [0.15, 0.2) is 54.6 Å². The fourth-order valence-electron chi connectivity index (χ4n) is 1.14. The molecule has 0 aliphatic carbocycles. The summed E-state index contributed by atoms with van der Waals surface area (Å²) in [5, 5.41) is 17.3. The van der Waals surface area contributed by atoms with Crippen LogP contribution in [0.2, 0.25) is 0 Å². The van der Waals surface area contributed by atoms with Crippen LogP contribution in [0.5, 0.6) is 17.2 Å². The molecule has 0 saturated carbocycles. The minimum absolute atomic E-state index is 0.0880. The SMILES string of the molecule is COP(=O)(O)Oc1ccccc1.Oc1cccc(O)c1. The molecule has 0 saturated heterocycles. The van der Waals surface area contributed by atoms with Gasteiger partial charge in [-0.15, -0.1) is 0 Å². The molecule has 0 spiro atoms. The highest BCUT2D eigenvalue weighted by Gasteiger charge is 2.19. The van der Waals surface area contributed by atoms with Crippen LogP contribution in [0, 0.1) is 0 Å². The maximum Gasteiger partial charge on any atom is 0.527 e. The molecule has 0 radical (unpaired) electrons. The molecular formula is C13H15O6P. The van der Waals surface area contributed by atoms with Crippen molar-refractivity contribution < 1.29 is 28.7 Å². The van der Waals surface area contributed by atoms with Crippen LogP contribution in [0.25, 0.3) is 0 Å². The van der Waals surface area contributed by atoms with Crippen LogP contribution < -0.4 is 4.52 Å². The maximum absolute atomic E-state index is 10.9. The molecular weight excluding hydrogens is 283 g/mol. The van der Waals surface area contributed by atoms with E-state index in [-0.39, 0.29) is 11.5 Å². The predicted octanol–water partition coefficient (Wildman–Crippen LogP) is 2.91. The van der Waals surface area contributed by atoms with Gasteiger partial charge >= 0.3 is 7.82 Å². The largest absolute Gasteiger partial charge is 0.527 e. The Morgan fingerprint density at radius 1 is 0.950 bits per heavy atom. The number of hydrogen-bond donors (Lipinski definition) is 3. The van der Waals surface area contributed by atoms with Crippen molar-refractivity contribution in [2.24, 2.45) is 0 Å². The molecule has 2 aromatic carbocycles. The van der Waals surface area contributed by atoms with E-state index in [4.69, 9.17) is 15.1 Å². The molecule has 3 N–H and O–H groups in total. The molecule has 2 aromatic rings. The lowest BCUT2D eigenvalue weighted by Crippen LogP contribution is -1.92. The third kappa shape index (κ3) is 6.24. The second-order valence-corrected chi connectivity index (χ2v) is 5.06. The summed E-state index contributed by atoms with van der Waals surface area (Å²) in [4.78, 5) is 8.89. The number of aromatic hydroxyl groups is 2. The third-order valence-electron chi connectivity index (χ3n) is 2.02. The number of rotatable bonds is 3. The molecule has 1 unspecified atom stereocenters. The van der Waals surface area contributed by atoms with Crippen molar-refractivity contribution in [1.82, 2.24) is 0 Å². The van der Waals surface area contributed by atoms with Crippen molar-refractivity contribution in [3.63, 3.8) is 0 Å². The molecule has 0 aliphatic heterocycles. The minimum Gasteiger partial charge on any atom is -0.508 e. The summed E-state index contributed by atoms with van der Waals surface area (Å²) in [6, 6.07) is 14.2. The number of benzene rings is 2. The van der Waals surface area contributed by atoms with Gasteiger partial charge in [-0.05, 0) is 24.3 Å². The Balaban J connectivity index is 0.000000217. The highest BCUT2D eigenvalue weighted by molar-refractivity contribution is 7.47. The summed E-state index contributed by atoms with van der Waals surface area (Å²) < 4.78 is 19.7. The van der Waals surface area contributed by atoms with Crippen LogP contribution in [0.3, 0.4) is 0 Å². The zero-order valence-corrected chi connectivity index (χ0v) is 11.6. The van der Waals surface area contributed by atoms with Crippen LogP contribution in [-0.4, -0.2) is 22.2 Å². The van der Waals surface area contributed by atoms with Gasteiger partial charge in [-0.3, -0.25) is 9.42 Å². The average Bonchev–Trinajstić information content (AvgIpc) is 2.40. The van der Waals surface area contributed by atoms with Gasteiger partial charge in [0.25, 0.3) is 0 Å². The van der Waals surface area contributed by atoms with Crippen molar-refractivity contribution in [1.29, 1.82) is 0 Å². The van der Waals surface area contributed by atoms with E-state index < -0.39 is 7.82 Å². The zero-order valence-electron chi connectivity index (χ0n) is 10.7. The molecule has 6 nitrogen and oxygen atoms in total. The Labute approximate surface area is 116 Å². The first-order valence-corrected chi connectivity index (χ1v) is 7.03. The van der Waals surface area contributed by atoms with E-state index in [0.717, 1.165) is 7.11 Å². The quantitative estimate of drug-likeness (QED) is 0.754. The fraction of sp³-hybridized carbons (Fsp3) is 0.0769. The normalized spacial score (nSPS) is 12.7. The van der Waals surface area contributed by atoms with Crippen molar-refractivity contribution in [3.8, 4) is 17.2 Å². The highest BCUT2D eigenvalue weighted by Crippen LogP contribution is 2.42. The molecule has 1 atom stereocenters. The number of phenolic OH excluding ortho intramolecular Hbond substituents is 2. The number of para-hydroxylation sites is 1. The maximum atomic E-state index is 10.9. The first kappa shape index (κ1) is 16.0. The van der Waals surface area contributed by atoms with Crippen molar-refractivity contribution in [2.75, 3.05) is 7.11 Å². The summed E-state index contributed by atoms with van der Waals surface area (Å²) in [6.07, 6.45) is 0. The van der Waals surface area contributed by atoms with Gasteiger partial charge in [0.2, 0.25) is 0 Å². The second-order valence-electron chi connectivity index (χ2n) is 3.58. The van der Waals surface area contributed by atoms with E-state index in [2.05, 4.69) is 9.05 Å². The molecule has 0 fully saturated rings. The summed E-state index contributed by atoms with van der Waals surface area (Å²) in [7, 11) is -2.78. The van der Waals surface area contributed by atoms with Crippen LogP contribution in [-0.2, 0) is 9.09 Å². The molecule has 20 heavy (non-hydrogen) atoms. The zero-order chi connectivity index (χ0) is 15.0.